The fraction of sp³-hybridized carbons (Fsp3) is 0.318. The second-order valence-corrected chi connectivity index (χ2v) is 9.60. The van der Waals surface area contributed by atoms with Crippen LogP contribution in [0.15, 0.2) is 71.6 Å². The number of benzene rings is 2. The van der Waals surface area contributed by atoms with E-state index in [1.807, 2.05) is 24.5 Å². The average Bonchev–Trinajstić information content (AvgIpc) is 2.77. The second-order valence-electron chi connectivity index (χ2n) is 6.90. The first-order chi connectivity index (χ1) is 14.0. The summed E-state index contributed by atoms with van der Waals surface area (Å²) in [7, 11) is -3.75. The van der Waals surface area contributed by atoms with Crippen LogP contribution in [0.1, 0.15) is 18.4 Å². The predicted octanol–water partition coefficient (Wildman–Crippen LogP) is 3.40. The number of hydrogen-bond acceptors (Lipinski definition) is 4. The zero-order valence-corrected chi connectivity index (χ0v) is 18.1. The maximum Gasteiger partial charge on any atom is 0.241 e. The van der Waals surface area contributed by atoms with Gasteiger partial charge in [0.2, 0.25) is 15.9 Å². The number of thioether (sulfide) groups is 1. The third-order valence-electron chi connectivity index (χ3n) is 4.93. The quantitative estimate of drug-likeness (QED) is 0.697. The molecule has 0 aliphatic carbocycles. The van der Waals surface area contributed by atoms with Crippen LogP contribution >= 0.6 is 11.8 Å². The monoisotopic (exact) mass is 430 g/mol. The molecular weight excluding hydrogens is 404 g/mol. The molecule has 2 aromatic carbocycles. The van der Waals surface area contributed by atoms with E-state index in [1.54, 1.807) is 34.9 Å². The molecule has 0 radical (unpaired) electrons. The third-order valence-corrected chi connectivity index (χ3v) is 7.06. The molecule has 0 saturated heterocycles. The van der Waals surface area contributed by atoms with Crippen LogP contribution < -0.4 is 4.72 Å². The van der Waals surface area contributed by atoms with E-state index in [9.17, 15) is 13.2 Å². The molecule has 1 amide bonds. The van der Waals surface area contributed by atoms with E-state index in [0.717, 1.165) is 6.42 Å². The average molecular weight is 431 g/mol. The number of carbonyl (C=O) groups excluding carboxylic acids is 1. The summed E-state index contributed by atoms with van der Waals surface area (Å²) in [6.45, 7) is 1.08. The number of hydrogen-bond donors (Lipinski definition) is 1. The van der Waals surface area contributed by atoms with Gasteiger partial charge in [-0.05, 0) is 48.1 Å². The van der Waals surface area contributed by atoms with Crippen LogP contribution in [0.25, 0.3) is 5.57 Å². The van der Waals surface area contributed by atoms with Crippen molar-refractivity contribution in [2.24, 2.45) is 0 Å². The van der Waals surface area contributed by atoms with Crippen molar-refractivity contribution in [1.29, 1.82) is 0 Å². The van der Waals surface area contributed by atoms with Crippen LogP contribution in [-0.4, -0.2) is 50.4 Å². The summed E-state index contributed by atoms with van der Waals surface area (Å²) in [5, 5.41) is 0. The largest absolute Gasteiger partial charge is 0.337 e. The highest BCUT2D eigenvalue weighted by Gasteiger charge is 2.29. The highest BCUT2D eigenvalue weighted by molar-refractivity contribution is 7.98. The Morgan fingerprint density at radius 3 is 2.34 bits per heavy atom. The van der Waals surface area contributed by atoms with E-state index in [4.69, 9.17) is 0 Å². The smallest absolute Gasteiger partial charge is 0.241 e. The number of nitrogens with one attached hydrogen (secondary N) is 1. The molecule has 0 bridgehead atoms. The lowest BCUT2D eigenvalue weighted by Gasteiger charge is -2.30. The van der Waals surface area contributed by atoms with Gasteiger partial charge in [0.05, 0.1) is 4.90 Å². The van der Waals surface area contributed by atoms with Gasteiger partial charge < -0.3 is 4.90 Å². The number of amides is 1. The van der Waals surface area contributed by atoms with Gasteiger partial charge in [-0.3, -0.25) is 4.79 Å². The van der Waals surface area contributed by atoms with Gasteiger partial charge in [0, 0.05) is 13.1 Å². The van der Waals surface area contributed by atoms with Crippen molar-refractivity contribution in [2.45, 2.75) is 23.8 Å². The predicted molar refractivity (Wildman–Crippen MR) is 119 cm³/mol. The minimum atomic E-state index is -3.75. The van der Waals surface area contributed by atoms with Gasteiger partial charge in [-0.15, -0.1) is 0 Å². The van der Waals surface area contributed by atoms with Crippen LogP contribution in [0, 0.1) is 0 Å². The molecule has 0 saturated carbocycles. The van der Waals surface area contributed by atoms with E-state index in [2.05, 4.69) is 22.9 Å². The van der Waals surface area contributed by atoms with Gasteiger partial charge in [0.25, 0.3) is 0 Å². The standard InChI is InChI=1S/C22H26N2O3S2/c1-28-17-14-21(23-29(26,27)20-10-6-3-7-11-20)22(25)24-15-12-19(13-16-24)18-8-4-2-5-9-18/h2-12,21,23H,13-17H2,1H3. The molecule has 1 unspecified atom stereocenters. The van der Waals surface area contributed by atoms with E-state index < -0.39 is 16.1 Å². The van der Waals surface area contributed by atoms with Crippen molar-refractivity contribution in [2.75, 3.05) is 25.1 Å². The molecule has 1 atom stereocenters. The molecule has 1 N–H and O–H groups in total. The lowest BCUT2D eigenvalue weighted by atomic mass is 9.99. The maximum atomic E-state index is 13.1. The zero-order valence-electron chi connectivity index (χ0n) is 16.5. The summed E-state index contributed by atoms with van der Waals surface area (Å²) in [6.07, 6.45) is 5.23. The Kier molecular flexibility index (Phi) is 7.52. The number of sulfonamides is 1. The van der Waals surface area contributed by atoms with Crippen LogP contribution in [0.5, 0.6) is 0 Å². The Morgan fingerprint density at radius 1 is 1.10 bits per heavy atom. The van der Waals surface area contributed by atoms with Gasteiger partial charge in [0.15, 0.2) is 0 Å². The van der Waals surface area contributed by atoms with Crippen molar-refractivity contribution in [3.63, 3.8) is 0 Å². The number of nitrogens with zero attached hydrogens (tertiary/aromatic N) is 1. The van der Waals surface area contributed by atoms with Crippen molar-refractivity contribution in [3.05, 3.63) is 72.3 Å². The molecule has 1 aliphatic heterocycles. The molecule has 154 valence electrons. The third kappa shape index (κ3) is 5.72. The Balaban J connectivity index is 1.72. The minimum Gasteiger partial charge on any atom is -0.337 e. The number of carbonyl (C=O) groups is 1. The van der Waals surface area contributed by atoms with Crippen molar-refractivity contribution >= 4 is 33.3 Å². The Bertz CT molecular complexity index is 945. The Morgan fingerprint density at radius 2 is 1.76 bits per heavy atom. The highest BCUT2D eigenvalue weighted by atomic mass is 32.2. The van der Waals surface area contributed by atoms with E-state index in [-0.39, 0.29) is 10.8 Å². The summed E-state index contributed by atoms with van der Waals surface area (Å²) >= 11 is 1.60. The van der Waals surface area contributed by atoms with Crippen LogP contribution in [0.4, 0.5) is 0 Å². The summed E-state index contributed by atoms with van der Waals surface area (Å²) in [6, 6.07) is 17.5. The first-order valence-corrected chi connectivity index (χ1v) is 12.5. The summed E-state index contributed by atoms with van der Waals surface area (Å²) in [4.78, 5) is 15.0. The molecule has 7 heteroatoms. The van der Waals surface area contributed by atoms with Crippen LogP contribution in [-0.2, 0) is 14.8 Å². The molecule has 1 heterocycles. The minimum absolute atomic E-state index is 0.165. The molecule has 0 spiro atoms. The summed E-state index contributed by atoms with van der Waals surface area (Å²) < 4.78 is 28.1. The first-order valence-electron chi connectivity index (χ1n) is 9.61. The maximum absolute atomic E-state index is 13.1. The van der Waals surface area contributed by atoms with Gasteiger partial charge in [-0.2, -0.15) is 16.5 Å². The SMILES string of the molecule is CSCCC(NS(=O)(=O)c1ccccc1)C(=O)N1CC=C(c2ccccc2)CC1. The topological polar surface area (TPSA) is 66.5 Å². The number of rotatable bonds is 8. The van der Waals surface area contributed by atoms with E-state index in [0.29, 0.717) is 25.3 Å². The molecule has 2 aromatic rings. The lowest BCUT2D eigenvalue weighted by Crippen LogP contribution is -2.49. The Hall–Kier alpha value is -2.09. The normalized spacial score (nSPS) is 15.6. The summed E-state index contributed by atoms with van der Waals surface area (Å²) in [5.74, 6) is 0.536. The van der Waals surface area contributed by atoms with Gasteiger partial charge >= 0.3 is 0 Å². The van der Waals surface area contributed by atoms with Crippen LogP contribution in [0.2, 0.25) is 0 Å². The van der Waals surface area contributed by atoms with E-state index in [1.165, 1.54) is 23.3 Å². The Labute approximate surface area is 177 Å². The lowest BCUT2D eigenvalue weighted by molar-refractivity contribution is -0.132. The zero-order chi connectivity index (χ0) is 20.7. The highest BCUT2D eigenvalue weighted by Crippen LogP contribution is 2.23. The van der Waals surface area contributed by atoms with Crippen LogP contribution in [0.3, 0.4) is 0 Å². The first kappa shape index (κ1) is 21.6. The fourth-order valence-electron chi connectivity index (χ4n) is 3.33. The van der Waals surface area contributed by atoms with Gasteiger partial charge in [0.1, 0.15) is 6.04 Å². The van der Waals surface area contributed by atoms with Gasteiger partial charge in [-0.1, -0.05) is 54.6 Å². The molecular formula is C22H26N2O3S2. The molecule has 1 aliphatic rings. The molecule has 0 fully saturated rings. The second kappa shape index (κ2) is 10.1. The fourth-order valence-corrected chi connectivity index (χ4v) is 5.04. The van der Waals surface area contributed by atoms with Crippen molar-refractivity contribution < 1.29 is 13.2 Å². The van der Waals surface area contributed by atoms with E-state index >= 15 is 0 Å². The molecule has 3 rings (SSSR count). The molecule has 5 nitrogen and oxygen atoms in total. The molecule has 0 aromatic heterocycles. The molecule has 29 heavy (non-hydrogen) atoms. The van der Waals surface area contributed by atoms with Gasteiger partial charge in [-0.25, -0.2) is 8.42 Å². The summed E-state index contributed by atoms with van der Waals surface area (Å²) in [5.41, 5.74) is 2.39. The van der Waals surface area contributed by atoms with Crippen molar-refractivity contribution in [3.8, 4) is 0 Å². The van der Waals surface area contributed by atoms with Crippen molar-refractivity contribution in [1.82, 2.24) is 9.62 Å².